The van der Waals surface area contributed by atoms with E-state index in [9.17, 15) is 4.79 Å². The Kier molecular flexibility index (Phi) is 3.54. The van der Waals surface area contributed by atoms with Crippen LogP contribution in [0, 0.1) is 0 Å². The van der Waals surface area contributed by atoms with Crippen molar-refractivity contribution in [2.45, 2.75) is 6.54 Å². The van der Waals surface area contributed by atoms with Gasteiger partial charge in [-0.15, -0.1) is 0 Å². The highest BCUT2D eigenvalue weighted by Crippen LogP contribution is 2.19. The second-order valence-corrected chi connectivity index (χ2v) is 5.82. The molecule has 0 bridgehead atoms. The van der Waals surface area contributed by atoms with Gasteiger partial charge >= 0.3 is 0 Å². The van der Waals surface area contributed by atoms with E-state index in [0.717, 1.165) is 11.9 Å². The minimum Gasteiger partial charge on any atom is -0.350 e. The van der Waals surface area contributed by atoms with Crippen molar-refractivity contribution in [1.29, 1.82) is 0 Å². The SMILES string of the molecule is CN(CCn1ccc2ccccc21)C(=O)c1onc2ccccc12. The number of amides is 1. The van der Waals surface area contributed by atoms with Crippen molar-refractivity contribution in [3.63, 3.8) is 0 Å². The first-order valence-corrected chi connectivity index (χ1v) is 7.88. The number of carbonyl (C=O) groups excluding carboxylic acids is 1. The quantitative estimate of drug-likeness (QED) is 0.578. The number of nitrogens with zero attached hydrogens (tertiary/aromatic N) is 3. The number of fused-ring (bicyclic) bond motifs is 2. The summed E-state index contributed by atoms with van der Waals surface area (Å²) in [5.74, 6) is 0.144. The fraction of sp³-hybridized carbons (Fsp3) is 0.158. The van der Waals surface area contributed by atoms with Gasteiger partial charge in [0.25, 0.3) is 5.91 Å². The molecule has 4 rings (SSSR count). The van der Waals surface area contributed by atoms with E-state index < -0.39 is 0 Å². The molecule has 120 valence electrons. The Morgan fingerprint density at radius 1 is 1.12 bits per heavy atom. The van der Waals surface area contributed by atoms with Crippen molar-refractivity contribution in [1.82, 2.24) is 14.6 Å². The number of likely N-dealkylation sites (N-methyl/N-ethyl adjacent to an activating group) is 1. The Labute approximate surface area is 139 Å². The van der Waals surface area contributed by atoms with Gasteiger partial charge in [0.05, 0.1) is 5.39 Å². The number of carbonyl (C=O) groups is 1. The van der Waals surface area contributed by atoms with Crippen molar-refractivity contribution >= 4 is 27.7 Å². The zero-order valence-corrected chi connectivity index (χ0v) is 13.3. The van der Waals surface area contributed by atoms with Gasteiger partial charge in [-0.25, -0.2) is 0 Å². The number of aromatic nitrogens is 2. The molecular weight excluding hydrogens is 302 g/mol. The Balaban J connectivity index is 1.51. The predicted octanol–water partition coefficient (Wildman–Crippen LogP) is 3.55. The van der Waals surface area contributed by atoms with Gasteiger partial charge in [0.1, 0.15) is 5.52 Å². The Hall–Kier alpha value is -3.08. The van der Waals surface area contributed by atoms with Crippen LogP contribution in [0.1, 0.15) is 10.6 Å². The van der Waals surface area contributed by atoms with Gasteiger partial charge in [-0.3, -0.25) is 4.79 Å². The lowest BCUT2D eigenvalue weighted by molar-refractivity contribution is 0.0752. The maximum atomic E-state index is 12.6. The molecule has 1 amide bonds. The zero-order chi connectivity index (χ0) is 16.5. The summed E-state index contributed by atoms with van der Waals surface area (Å²) in [7, 11) is 1.78. The average molecular weight is 319 g/mol. The highest BCUT2D eigenvalue weighted by atomic mass is 16.5. The largest absolute Gasteiger partial charge is 0.350 e. The summed E-state index contributed by atoms with van der Waals surface area (Å²) < 4.78 is 7.41. The smallest absolute Gasteiger partial charge is 0.292 e. The topological polar surface area (TPSA) is 51.3 Å². The summed E-state index contributed by atoms with van der Waals surface area (Å²) in [4.78, 5) is 14.3. The molecule has 0 unspecified atom stereocenters. The number of para-hydroxylation sites is 1. The molecule has 0 aliphatic rings. The molecule has 0 atom stereocenters. The van der Waals surface area contributed by atoms with Crippen molar-refractivity contribution in [3.8, 4) is 0 Å². The molecule has 0 N–H and O–H groups in total. The van der Waals surface area contributed by atoms with Crippen LogP contribution in [-0.4, -0.2) is 34.1 Å². The van der Waals surface area contributed by atoms with Crippen LogP contribution in [0.2, 0.25) is 0 Å². The van der Waals surface area contributed by atoms with E-state index in [1.54, 1.807) is 11.9 Å². The Bertz CT molecular complexity index is 1020. The minimum atomic E-state index is -0.153. The minimum absolute atomic E-state index is 0.153. The van der Waals surface area contributed by atoms with Gasteiger partial charge in [0, 0.05) is 31.9 Å². The van der Waals surface area contributed by atoms with Crippen LogP contribution in [-0.2, 0) is 6.54 Å². The van der Waals surface area contributed by atoms with Crippen LogP contribution < -0.4 is 0 Å². The van der Waals surface area contributed by atoms with Crippen LogP contribution in [0.5, 0.6) is 0 Å². The molecule has 0 fully saturated rings. The molecule has 2 aromatic carbocycles. The average Bonchev–Trinajstić information content (AvgIpc) is 3.23. The van der Waals surface area contributed by atoms with Crippen molar-refractivity contribution in [2.24, 2.45) is 0 Å². The summed E-state index contributed by atoms with van der Waals surface area (Å²) in [5, 5.41) is 5.90. The molecule has 0 aliphatic heterocycles. The molecule has 0 saturated carbocycles. The van der Waals surface area contributed by atoms with Crippen LogP contribution in [0.4, 0.5) is 0 Å². The van der Waals surface area contributed by atoms with Gasteiger partial charge in [-0.1, -0.05) is 35.5 Å². The molecule has 0 spiro atoms. The normalized spacial score (nSPS) is 11.2. The van der Waals surface area contributed by atoms with Gasteiger partial charge in [-0.05, 0) is 29.7 Å². The first-order chi connectivity index (χ1) is 11.7. The monoisotopic (exact) mass is 319 g/mol. The van der Waals surface area contributed by atoms with Crippen molar-refractivity contribution in [2.75, 3.05) is 13.6 Å². The second kappa shape index (κ2) is 5.85. The number of benzene rings is 2. The number of hydrogen-bond donors (Lipinski definition) is 0. The predicted molar refractivity (Wildman–Crippen MR) is 92.9 cm³/mol. The first-order valence-electron chi connectivity index (χ1n) is 7.88. The summed E-state index contributed by atoms with van der Waals surface area (Å²) in [6, 6.07) is 17.7. The van der Waals surface area contributed by atoms with E-state index >= 15 is 0 Å². The summed E-state index contributed by atoms with van der Waals surface area (Å²) in [6.45, 7) is 1.31. The number of rotatable bonds is 4. The fourth-order valence-corrected chi connectivity index (χ4v) is 2.91. The first kappa shape index (κ1) is 14.5. The van der Waals surface area contributed by atoms with Crippen LogP contribution in [0.25, 0.3) is 21.8 Å². The highest BCUT2D eigenvalue weighted by molar-refractivity contribution is 6.03. The third-order valence-corrected chi connectivity index (χ3v) is 4.28. The molecule has 0 saturated heterocycles. The summed E-state index contributed by atoms with van der Waals surface area (Å²) in [6.07, 6.45) is 2.05. The molecular formula is C19H17N3O2. The van der Waals surface area contributed by atoms with Gasteiger partial charge < -0.3 is 14.0 Å². The van der Waals surface area contributed by atoms with Crippen LogP contribution >= 0.6 is 0 Å². The molecule has 5 heteroatoms. The lowest BCUT2D eigenvalue weighted by Crippen LogP contribution is -2.29. The molecule has 2 aromatic heterocycles. The molecule has 4 aromatic rings. The summed E-state index contributed by atoms with van der Waals surface area (Å²) in [5.41, 5.74) is 1.87. The second-order valence-electron chi connectivity index (χ2n) is 5.82. The van der Waals surface area contributed by atoms with Gasteiger partial charge in [0.15, 0.2) is 0 Å². The summed E-state index contributed by atoms with van der Waals surface area (Å²) >= 11 is 0. The lowest BCUT2D eigenvalue weighted by atomic mass is 10.2. The van der Waals surface area contributed by atoms with Gasteiger partial charge in [-0.2, -0.15) is 0 Å². The molecule has 5 nitrogen and oxygen atoms in total. The molecule has 24 heavy (non-hydrogen) atoms. The van der Waals surface area contributed by atoms with E-state index in [-0.39, 0.29) is 5.91 Å². The fourth-order valence-electron chi connectivity index (χ4n) is 2.91. The van der Waals surface area contributed by atoms with Crippen molar-refractivity contribution < 1.29 is 9.32 Å². The van der Waals surface area contributed by atoms with E-state index in [1.165, 1.54) is 10.9 Å². The maximum absolute atomic E-state index is 12.6. The van der Waals surface area contributed by atoms with E-state index in [2.05, 4.69) is 27.9 Å². The Morgan fingerprint density at radius 2 is 1.92 bits per heavy atom. The molecule has 0 aliphatic carbocycles. The van der Waals surface area contributed by atoms with Crippen LogP contribution in [0.3, 0.4) is 0 Å². The maximum Gasteiger partial charge on any atom is 0.292 e. The standard InChI is InChI=1S/C19H17N3O2/c1-21(12-13-22-11-10-14-6-2-5-9-17(14)22)19(23)18-15-7-3-4-8-16(15)20-24-18/h2-11H,12-13H2,1H3. The third-order valence-electron chi connectivity index (χ3n) is 4.28. The van der Waals surface area contributed by atoms with Crippen molar-refractivity contribution in [3.05, 3.63) is 66.6 Å². The highest BCUT2D eigenvalue weighted by Gasteiger charge is 2.20. The lowest BCUT2D eigenvalue weighted by Gasteiger charge is -2.16. The Morgan fingerprint density at radius 3 is 2.83 bits per heavy atom. The zero-order valence-electron chi connectivity index (χ0n) is 13.3. The van der Waals surface area contributed by atoms with Crippen LogP contribution in [0.15, 0.2) is 65.3 Å². The molecule has 2 heterocycles. The van der Waals surface area contributed by atoms with E-state index in [0.29, 0.717) is 17.8 Å². The van der Waals surface area contributed by atoms with E-state index in [4.69, 9.17) is 4.52 Å². The molecule has 0 radical (unpaired) electrons. The van der Waals surface area contributed by atoms with E-state index in [1.807, 2.05) is 42.6 Å². The van der Waals surface area contributed by atoms with Gasteiger partial charge in [0.2, 0.25) is 5.76 Å². The number of hydrogen-bond acceptors (Lipinski definition) is 3. The third kappa shape index (κ3) is 2.44.